The lowest BCUT2D eigenvalue weighted by atomic mass is 10.3. The van der Waals surface area contributed by atoms with Gasteiger partial charge in [-0.05, 0) is 23.6 Å². The van der Waals surface area contributed by atoms with Crippen molar-refractivity contribution in [3.05, 3.63) is 47.7 Å². The predicted molar refractivity (Wildman–Crippen MR) is 101 cm³/mol. The van der Waals surface area contributed by atoms with Crippen LogP contribution in [-0.4, -0.2) is 24.2 Å². The third-order valence-corrected chi connectivity index (χ3v) is 4.57. The zero-order chi connectivity index (χ0) is 17.8. The minimum Gasteiger partial charge on any atom is -0.490 e. The van der Waals surface area contributed by atoms with Crippen LogP contribution in [-0.2, 0) is 6.54 Å². The van der Waals surface area contributed by atoms with Gasteiger partial charge in [0.15, 0.2) is 17.5 Å². The Kier molecular flexibility index (Phi) is 4.74. The summed E-state index contributed by atoms with van der Waals surface area (Å²) in [7, 11) is 0. The summed E-state index contributed by atoms with van der Waals surface area (Å²) in [6.07, 6.45) is 2.46. The van der Waals surface area contributed by atoms with Gasteiger partial charge in [0.25, 0.3) is 0 Å². The standard InChI is InChI=1S/C18H18N4O3S/c19-18(20-10-13-11-25-17(21-13)16-3-1-8-26-16)22-12-4-5-14-15(9-12)24-7-2-6-23-14/h1,3-5,8-9,11H,2,6-7,10H2,(H3,19,20,22). The van der Waals surface area contributed by atoms with Gasteiger partial charge in [0.05, 0.1) is 24.6 Å². The molecule has 0 aliphatic carbocycles. The Bertz CT molecular complexity index is 905. The van der Waals surface area contributed by atoms with Crippen LogP contribution in [0.25, 0.3) is 10.8 Å². The van der Waals surface area contributed by atoms with Crippen molar-refractivity contribution in [1.29, 1.82) is 0 Å². The number of nitrogens with zero attached hydrogens (tertiary/aromatic N) is 2. The molecule has 0 unspecified atom stereocenters. The molecular formula is C18H18N4O3S. The van der Waals surface area contributed by atoms with Crippen LogP contribution in [0, 0.1) is 0 Å². The molecule has 0 spiro atoms. The average Bonchev–Trinajstić information content (AvgIpc) is 3.28. The van der Waals surface area contributed by atoms with E-state index in [1.165, 1.54) is 0 Å². The minimum atomic E-state index is 0.292. The molecule has 0 atom stereocenters. The summed E-state index contributed by atoms with van der Waals surface area (Å²) in [5.74, 6) is 2.34. The number of benzene rings is 1. The summed E-state index contributed by atoms with van der Waals surface area (Å²) in [4.78, 5) is 9.71. The van der Waals surface area contributed by atoms with Crippen molar-refractivity contribution in [2.24, 2.45) is 10.7 Å². The van der Waals surface area contributed by atoms with Gasteiger partial charge in [0, 0.05) is 18.2 Å². The molecule has 0 saturated heterocycles. The first-order valence-corrected chi connectivity index (χ1v) is 9.11. The van der Waals surface area contributed by atoms with Crippen molar-refractivity contribution in [3.8, 4) is 22.3 Å². The van der Waals surface area contributed by atoms with Crippen LogP contribution in [0.5, 0.6) is 11.5 Å². The summed E-state index contributed by atoms with van der Waals surface area (Å²) < 4.78 is 16.8. The molecule has 4 rings (SSSR count). The fraction of sp³-hybridized carbons (Fsp3) is 0.222. The van der Waals surface area contributed by atoms with Crippen molar-refractivity contribution in [1.82, 2.24) is 4.98 Å². The van der Waals surface area contributed by atoms with E-state index in [1.807, 2.05) is 35.7 Å². The molecule has 0 saturated carbocycles. The molecule has 7 nitrogen and oxygen atoms in total. The molecular weight excluding hydrogens is 352 g/mol. The quantitative estimate of drug-likeness (QED) is 0.539. The highest BCUT2D eigenvalue weighted by Gasteiger charge is 2.11. The van der Waals surface area contributed by atoms with Crippen LogP contribution >= 0.6 is 11.3 Å². The molecule has 3 aromatic rings. The maximum absolute atomic E-state index is 5.97. The van der Waals surface area contributed by atoms with E-state index in [-0.39, 0.29) is 0 Å². The van der Waals surface area contributed by atoms with Gasteiger partial charge in [-0.3, -0.25) is 0 Å². The van der Waals surface area contributed by atoms with Gasteiger partial charge in [0.1, 0.15) is 12.0 Å². The van der Waals surface area contributed by atoms with Crippen LogP contribution in [0.2, 0.25) is 0 Å². The molecule has 0 radical (unpaired) electrons. The lowest BCUT2D eigenvalue weighted by Gasteiger charge is -2.10. The van der Waals surface area contributed by atoms with E-state index in [4.69, 9.17) is 19.6 Å². The summed E-state index contributed by atoms with van der Waals surface area (Å²) in [5.41, 5.74) is 7.48. The number of thiophene rings is 1. The molecule has 3 N–H and O–H groups in total. The number of hydrogen-bond acceptors (Lipinski definition) is 6. The van der Waals surface area contributed by atoms with Gasteiger partial charge in [-0.2, -0.15) is 0 Å². The highest BCUT2D eigenvalue weighted by molar-refractivity contribution is 7.13. The topological polar surface area (TPSA) is 94.9 Å². The number of rotatable bonds is 4. The summed E-state index contributed by atoms with van der Waals surface area (Å²) in [5, 5.41) is 5.03. The van der Waals surface area contributed by atoms with Gasteiger partial charge in [-0.1, -0.05) is 6.07 Å². The fourth-order valence-corrected chi connectivity index (χ4v) is 3.14. The number of ether oxygens (including phenoxy) is 2. The van der Waals surface area contributed by atoms with E-state index in [2.05, 4.69) is 15.3 Å². The number of hydrogen-bond donors (Lipinski definition) is 2. The van der Waals surface area contributed by atoms with Crippen LogP contribution < -0.4 is 20.5 Å². The monoisotopic (exact) mass is 370 g/mol. The molecule has 0 bridgehead atoms. The first kappa shape index (κ1) is 16.5. The Labute approximate surface area is 154 Å². The summed E-state index contributed by atoms with van der Waals surface area (Å²) in [6, 6.07) is 9.51. The van der Waals surface area contributed by atoms with E-state index in [0.29, 0.717) is 37.4 Å². The molecule has 0 amide bonds. The summed E-state index contributed by atoms with van der Waals surface area (Å²) in [6.45, 7) is 1.63. The van der Waals surface area contributed by atoms with E-state index >= 15 is 0 Å². The first-order chi connectivity index (χ1) is 12.8. The van der Waals surface area contributed by atoms with Crippen LogP contribution in [0.4, 0.5) is 5.69 Å². The zero-order valence-corrected chi connectivity index (χ0v) is 14.8. The Hall–Kier alpha value is -3.00. The number of nitrogens with two attached hydrogens (primary N) is 1. The molecule has 1 aliphatic rings. The van der Waals surface area contributed by atoms with Gasteiger partial charge in [-0.15, -0.1) is 11.3 Å². The molecule has 26 heavy (non-hydrogen) atoms. The van der Waals surface area contributed by atoms with Crippen molar-refractivity contribution in [3.63, 3.8) is 0 Å². The largest absolute Gasteiger partial charge is 0.490 e. The lowest BCUT2D eigenvalue weighted by Crippen LogP contribution is -2.22. The second-order valence-electron chi connectivity index (χ2n) is 5.66. The first-order valence-electron chi connectivity index (χ1n) is 8.23. The zero-order valence-electron chi connectivity index (χ0n) is 14.0. The number of guanidine groups is 1. The Morgan fingerprint density at radius 1 is 1.23 bits per heavy atom. The van der Waals surface area contributed by atoms with E-state index in [9.17, 15) is 0 Å². The van der Waals surface area contributed by atoms with Crippen molar-refractivity contribution in [2.75, 3.05) is 18.5 Å². The van der Waals surface area contributed by atoms with E-state index in [1.54, 1.807) is 17.6 Å². The molecule has 1 aliphatic heterocycles. The predicted octanol–water partition coefficient (Wildman–Crippen LogP) is 3.49. The van der Waals surface area contributed by atoms with Crippen LogP contribution in [0.15, 0.2) is 51.4 Å². The number of aliphatic imine (C=N–C) groups is 1. The molecule has 8 heteroatoms. The second kappa shape index (κ2) is 7.49. The number of nitrogens with one attached hydrogen (secondary N) is 1. The van der Waals surface area contributed by atoms with Crippen molar-refractivity contribution >= 4 is 23.0 Å². The fourth-order valence-electron chi connectivity index (χ4n) is 2.49. The molecule has 2 aromatic heterocycles. The normalized spacial score (nSPS) is 14.1. The number of aromatic nitrogens is 1. The Morgan fingerprint density at radius 2 is 2.12 bits per heavy atom. The van der Waals surface area contributed by atoms with Crippen molar-refractivity contribution in [2.45, 2.75) is 13.0 Å². The van der Waals surface area contributed by atoms with Gasteiger partial charge < -0.3 is 24.9 Å². The third-order valence-electron chi connectivity index (χ3n) is 3.72. The molecule has 1 aromatic carbocycles. The third kappa shape index (κ3) is 3.80. The van der Waals surface area contributed by atoms with E-state index < -0.39 is 0 Å². The molecule has 134 valence electrons. The second-order valence-corrected chi connectivity index (χ2v) is 6.61. The van der Waals surface area contributed by atoms with Gasteiger partial charge in [0.2, 0.25) is 5.89 Å². The highest BCUT2D eigenvalue weighted by atomic mass is 32.1. The SMILES string of the molecule is NC(=NCc1coc(-c2cccs2)n1)Nc1ccc2c(c1)OCCCO2. The Morgan fingerprint density at radius 3 is 2.96 bits per heavy atom. The van der Waals surface area contributed by atoms with E-state index in [0.717, 1.165) is 28.4 Å². The highest BCUT2D eigenvalue weighted by Crippen LogP contribution is 2.32. The Balaban J connectivity index is 1.40. The van der Waals surface area contributed by atoms with Crippen LogP contribution in [0.3, 0.4) is 0 Å². The lowest BCUT2D eigenvalue weighted by molar-refractivity contribution is 0.297. The molecule has 3 heterocycles. The minimum absolute atomic E-state index is 0.292. The van der Waals surface area contributed by atoms with Gasteiger partial charge >= 0.3 is 0 Å². The maximum atomic E-state index is 5.97. The summed E-state index contributed by atoms with van der Waals surface area (Å²) >= 11 is 1.58. The van der Waals surface area contributed by atoms with Crippen LogP contribution in [0.1, 0.15) is 12.1 Å². The van der Waals surface area contributed by atoms with Gasteiger partial charge in [-0.25, -0.2) is 9.98 Å². The molecule has 0 fully saturated rings. The number of fused-ring (bicyclic) bond motifs is 1. The van der Waals surface area contributed by atoms with Crippen molar-refractivity contribution < 1.29 is 13.9 Å². The number of oxazole rings is 1. The number of anilines is 1. The average molecular weight is 370 g/mol. The smallest absolute Gasteiger partial charge is 0.236 e. The maximum Gasteiger partial charge on any atom is 0.236 e.